The van der Waals surface area contributed by atoms with Crippen LogP contribution in [0.4, 0.5) is 4.39 Å². The monoisotopic (exact) mass is 245 g/mol. The highest BCUT2D eigenvalue weighted by Crippen LogP contribution is 2.27. The van der Waals surface area contributed by atoms with E-state index >= 15 is 0 Å². The van der Waals surface area contributed by atoms with E-state index < -0.39 is 0 Å². The van der Waals surface area contributed by atoms with Gasteiger partial charge in [-0.3, -0.25) is 0 Å². The lowest BCUT2D eigenvalue weighted by atomic mass is 10.0. The summed E-state index contributed by atoms with van der Waals surface area (Å²) >= 11 is 3.30. The Bertz CT molecular complexity index is 268. The number of halogens is 2. The summed E-state index contributed by atoms with van der Waals surface area (Å²) in [7, 11) is 0. The lowest BCUT2D eigenvalue weighted by Gasteiger charge is -2.13. The van der Waals surface area contributed by atoms with Gasteiger partial charge >= 0.3 is 0 Å². The molecule has 72 valence electrons. The lowest BCUT2D eigenvalue weighted by molar-refractivity contribution is 0.557. The van der Waals surface area contributed by atoms with Crippen LogP contribution in [-0.4, -0.2) is 0 Å². The molecule has 0 radical (unpaired) electrons. The molecule has 0 aromatic heterocycles. The minimum atomic E-state index is -0.227. The summed E-state index contributed by atoms with van der Waals surface area (Å²) in [5, 5.41) is 0. The van der Waals surface area contributed by atoms with E-state index in [0.717, 1.165) is 17.3 Å². The number of rotatable bonds is 3. The van der Waals surface area contributed by atoms with Crippen molar-refractivity contribution in [3.8, 4) is 0 Å². The Hall–Kier alpha value is -0.410. The lowest BCUT2D eigenvalue weighted by Crippen LogP contribution is -2.12. The minimum Gasteiger partial charge on any atom is -0.324 e. The molecule has 1 aromatic rings. The summed E-state index contributed by atoms with van der Waals surface area (Å²) in [4.78, 5) is 0. The van der Waals surface area contributed by atoms with Crippen molar-refractivity contribution in [1.82, 2.24) is 0 Å². The number of nitrogens with two attached hydrogens (primary N) is 1. The Balaban J connectivity index is 2.98. The fourth-order valence-electron chi connectivity index (χ4n) is 1.32. The Labute approximate surface area is 86.3 Å². The van der Waals surface area contributed by atoms with Gasteiger partial charge < -0.3 is 5.73 Å². The van der Waals surface area contributed by atoms with Crippen molar-refractivity contribution in [3.63, 3.8) is 0 Å². The fourth-order valence-corrected chi connectivity index (χ4v) is 1.96. The highest BCUT2D eigenvalue weighted by molar-refractivity contribution is 9.10. The van der Waals surface area contributed by atoms with Gasteiger partial charge in [0.05, 0.1) is 0 Å². The Kier molecular flexibility index (Phi) is 3.88. The summed E-state index contributed by atoms with van der Waals surface area (Å²) < 4.78 is 14.1. The smallest absolute Gasteiger partial charge is 0.129 e. The molecule has 13 heavy (non-hydrogen) atoms. The van der Waals surface area contributed by atoms with Crippen LogP contribution in [0.15, 0.2) is 22.7 Å². The average Bonchev–Trinajstić information content (AvgIpc) is 2.04. The van der Waals surface area contributed by atoms with Crippen molar-refractivity contribution < 1.29 is 4.39 Å². The molecule has 0 spiro atoms. The van der Waals surface area contributed by atoms with Gasteiger partial charge in [0.2, 0.25) is 0 Å². The summed E-state index contributed by atoms with van der Waals surface area (Å²) in [5.41, 5.74) is 6.42. The van der Waals surface area contributed by atoms with Crippen molar-refractivity contribution in [2.45, 2.75) is 25.8 Å². The van der Waals surface area contributed by atoms with E-state index in [1.165, 1.54) is 6.07 Å². The van der Waals surface area contributed by atoms with Crippen LogP contribution in [-0.2, 0) is 0 Å². The van der Waals surface area contributed by atoms with E-state index in [0.29, 0.717) is 5.56 Å². The summed E-state index contributed by atoms with van der Waals surface area (Å²) in [6.07, 6.45) is 1.77. The molecule has 0 aliphatic carbocycles. The molecular formula is C10H13BrFN. The van der Waals surface area contributed by atoms with Crippen LogP contribution >= 0.6 is 15.9 Å². The summed E-state index contributed by atoms with van der Waals surface area (Å²) in [6.45, 7) is 2.04. The van der Waals surface area contributed by atoms with E-state index in [1.54, 1.807) is 6.07 Å². The van der Waals surface area contributed by atoms with Gasteiger partial charge in [0, 0.05) is 16.1 Å². The third kappa shape index (κ3) is 2.51. The summed E-state index contributed by atoms with van der Waals surface area (Å²) in [6, 6.07) is 4.71. The zero-order chi connectivity index (χ0) is 9.84. The topological polar surface area (TPSA) is 26.0 Å². The molecule has 2 N–H and O–H groups in total. The quantitative estimate of drug-likeness (QED) is 0.869. The van der Waals surface area contributed by atoms with E-state index in [9.17, 15) is 4.39 Å². The number of benzene rings is 1. The first-order valence-corrected chi connectivity index (χ1v) is 5.15. The first-order valence-electron chi connectivity index (χ1n) is 4.36. The predicted octanol–water partition coefficient (Wildman–Crippen LogP) is 3.39. The molecule has 0 fully saturated rings. The largest absolute Gasteiger partial charge is 0.324 e. The maximum absolute atomic E-state index is 13.3. The van der Waals surface area contributed by atoms with Crippen LogP contribution in [0, 0.1) is 5.82 Å². The molecule has 1 unspecified atom stereocenters. The van der Waals surface area contributed by atoms with E-state index in [-0.39, 0.29) is 11.9 Å². The molecule has 1 rings (SSSR count). The van der Waals surface area contributed by atoms with Crippen LogP contribution in [0.3, 0.4) is 0 Å². The highest BCUT2D eigenvalue weighted by Gasteiger charge is 2.13. The minimum absolute atomic E-state index is 0.208. The van der Waals surface area contributed by atoms with Gasteiger partial charge in [-0.1, -0.05) is 35.3 Å². The van der Waals surface area contributed by atoms with Gasteiger partial charge in [-0.15, -0.1) is 0 Å². The van der Waals surface area contributed by atoms with Crippen LogP contribution in [0.2, 0.25) is 0 Å². The molecule has 1 atom stereocenters. The van der Waals surface area contributed by atoms with Gasteiger partial charge in [0.25, 0.3) is 0 Å². The zero-order valence-corrected chi connectivity index (χ0v) is 9.14. The maximum Gasteiger partial charge on any atom is 0.129 e. The molecule has 0 saturated heterocycles. The van der Waals surface area contributed by atoms with Crippen LogP contribution in [0.5, 0.6) is 0 Å². The standard InChI is InChI=1S/C10H13BrFN/c1-2-4-9(13)10-7(11)5-3-6-8(10)12/h3,5-6,9H,2,4,13H2,1H3. The van der Waals surface area contributed by atoms with E-state index in [4.69, 9.17) is 5.73 Å². The average molecular weight is 246 g/mol. The third-order valence-electron chi connectivity index (χ3n) is 1.97. The van der Waals surface area contributed by atoms with Gasteiger partial charge in [-0.2, -0.15) is 0 Å². The van der Waals surface area contributed by atoms with Crippen molar-refractivity contribution in [2.75, 3.05) is 0 Å². The van der Waals surface area contributed by atoms with Crippen LogP contribution in [0.25, 0.3) is 0 Å². The Morgan fingerprint density at radius 3 is 2.77 bits per heavy atom. The van der Waals surface area contributed by atoms with Gasteiger partial charge in [-0.05, 0) is 18.6 Å². The molecule has 1 nitrogen and oxygen atoms in total. The van der Waals surface area contributed by atoms with Gasteiger partial charge in [0.15, 0.2) is 0 Å². The van der Waals surface area contributed by atoms with Crippen LogP contribution < -0.4 is 5.73 Å². The van der Waals surface area contributed by atoms with Crippen molar-refractivity contribution in [3.05, 3.63) is 34.1 Å². The Morgan fingerprint density at radius 2 is 2.23 bits per heavy atom. The van der Waals surface area contributed by atoms with Crippen molar-refractivity contribution in [1.29, 1.82) is 0 Å². The zero-order valence-electron chi connectivity index (χ0n) is 7.56. The molecular weight excluding hydrogens is 233 g/mol. The molecule has 0 heterocycles. The van der Waals surface area contributed by atoms with E-state index in [2.05, 4.69) is 15.9 Å². The van der Waals surface area contributed by atoms with E-state index in [1.807, 2.05) is 13.0 Å². The third-order valence-corrected chi connectivity index (χ3v) is 2.66. The molecule has 3 heteroatoms. The maximum atomic E-state index is 13.3. The fraction of sp³-hybridized carbons (Fsp3) is 0.400. The molecule has 0 amide bonds. The summed E-state index contributed by atoms with van der Waals surface area (Å²) in [5.74, 6) is -0.227. The Morgan fingerprint density at radius 1 is 1.54 bits per heavy atom. The molecule has 0 bridgehead atoms. The first kappa shape index (κ1) is 10.7. The van der Waals surface area contributed by atoms with Crippen molar-refractivity contribution in [2.24, 2.45) is 5.73 Å². The van der Waals surface area contributed by atoms with Gasteiger partial charge in [0.1, 0.15) is 5.82 Å². The molecule has 0 aliphatic heterocycles. The normalized spacial score (nSPS) is 12.9. The first-order chi connectivity index (χ1) is 6.16. The highest BCUT2D eigenvalue weighted by atomic mass is 79.9. The second-order valence-electron chi connectivity index (χ2n) is 3.03. The molecule has 1 aromatic carbocycles. The SMILES string of the molecule is CCCC(N)c1c(F)cccc1Br. The number of hydrogen-bond donors (Lipinski definition) is 1. The second kappa shape index (κ2) is 4.72. The molecule has 0 aliphatic rings. The van der Waals surface area contributed by atoms with Crippen molar-refractivity contribution >= 4 is 15.9 Å². The predicted molar refractivity (Wildman–Crippen MR) is 55.9 cm³/mol. The number of hydrogen-bond acceptors (Lipinski definition) is 1. The molecule has 0 saturated carbocycles. The second-order valence-corrected chi connectivity index (χ2v) is 3.88. The van der Waals surface area contributed by atoms with Crippen LogP contribution in [0.1, 0.15) is 31.4 Å². The van der Waals surface area contributed by atoms with Gasteiger partial charge in [-0.25, -0.2) is 4.39 Å².